The van der Waals surface area contributed by atoms with Gasteiger partial charge in [-0.15, -0.1) is 0 Å². The molecule has 0 unspecified atom stereocenters. The van der Waals surface area contributed by atoms with E-state index < -0.39 is 10.0 Å². The molecule has 166 valence electrons. The number of piperazine rings is 1. The van der Waals surface area contributed by atoms with E-state index in [0.717, 1.165) is 38.0 Å². The molecule has 7 nitrogen and oxygen atoms in total. The molecule has 0 N–H and O–H groups in total. The van der Waals surface area contributed by atoms with Gasteiger partial charge in [0.25, 0.3) is 0 Å². The monoisotopic (exact) mass is 442 g/mol. The fourth-order valence-electron chi connectivity index (χ4n) is 4.69. The third-order valence-corrected chi connectivity index (χ3v) is 8.45. The quantitative estimate of drug-likeness (QED) is 0.656. The smallest absolute Gasteiger partial charge is 0.243 e. The van der Waals surface area contributed by atoms with Crippen LogP contribution in [0.4, 0.5) is 0 Å². The topological polar surface area (TPSA) is 75.6 Å². The van der Waals surface area contributed by atoms with Crippen LogP contribution in [0, 0.1) is 0 Å². The summed E-state index contributed by atoms with van der Waals surface area (Å²) in [6.07, 6.45) is 8.80. The Kier molecular flexibility index (Phi) is 5.71. The Morgan fingerprint density at radius 1 is 1.06 bits per heavy atom. The molecule has 0 radical (unpaired) electrons. The predicted octanol–water partition coefficient (Wildman–Crippen LogP) is 2.83. The van der Waals surface area contributed by atoms with Crippen LogP contribution < -0.4 is 4.74 Å². The maximum absolute atomic E-state index is 13.2. The van der Waals surface area contributed by atoms with Crippen LogP contribution in [-0.4, -0.2) is 65.9 Å². The van der Waals surface area contributed by atoms with Gasteiger partial charge in [-0.1, -0.05) is 25.5 Å². The minimum absolute atomic E-state index is 0.0158. The summed E-state index contributed by atoms with van der Waals surface area (Å²) < 4.78 is 34.1. The second-order valence-electron chi connectivity index (χ2n) is 8.94. The largest absolute Gasteiger partial charge is 0.472 e. The summed E-state index contributed by atoms with van der Waals surface area (Å²) >= 11 is 0. The van der Waals surface area contributed by atoms with Crippen molar-refractivity contribution < 1.29 is 13.2 Å². The first-order chi connectivity index (χ1) is 15.0. The molecule has 0 spiro atoms. The molecule has 2 atom stereocenters. The van der Waals surface area contributed by atoms with Gasteiger partial charge < -0.3 is 4.74 Å². The molecule has 1 aromatic carbocycles. The molecule has 1 aromatic heterocycles. The Labute approximate surface area is 184 Å². The molecule has 5 rings (SSSR count). The average Bonchev–Trinajstić information content (AvgIpc) is 3.54. The molecular formula is C23H30N4O3S. The molecule has 31 heavy (non-hydrogen) atoms. The normalized spacial score (nSPS) is 24.8. The fourth-order valence-corrected chi connectivity index (χ4v) is 6.15. The maximum Gasteiger partial charge on any atom is 0.243 e. The van der Waals surface area contributed by atoms with Gasteiger partial charge in [0.2, 0.25) is 15.9 Å². The van der Waals surface area contributed by atoms with Gasteiger partial charge in [0, 0.05) is 44.6 Å². The summed E-state index contributed by atoms with van der Waals surface area (Å²) in [4.78, 5) is 11.6. The fraction of sp³-hybridized carbons (Fsp3) is 0.565. The number of benzene rings is 1. The van der Waals surface area contributed by atoms with Crippen molar-refractivity contribution in [2.75, 3.05) is 26.2 Å². The lowest BCUT2D eigenvalue weighted by atomic mass is 10.1. The van der Waals surface area contributed by atoms with E-state index in [0.29, 0.717) is 29.8 Å². The van der Waals surface area contributed by atoms with Gasteiger partial charge >= 0.3 is 0 Å². The van der Waals surface area contributed by atoms with E-state index in [9.17, 15) is 8.42 Å². The number of aromatic nitrogens is 2. The van der Waals surface area contributed by atoms with Crippen LogP contribution in [0.3, 0.4) is 0 Å². The van der Waals surface area contributed by atoms with E-state index >= 15 is 0 Å². The number of hydrogen-bond donors (Lipinski definition) is 0. The number of aryl methyl sites for hydroxylation is 1. The van der Waals surface area contributed by atoms with Crippen LogP contribution in [-0.2, 0) is 16.4 Å². The molecule has 3 heterocycles. The van der Waals surface area contributed by atoms with Crippen molar-refractivity contribution in [1.82, 2.24) is 19.2 Å². The van der Waals surface area contributed by atoms with Crippen LogP contribution in [0.1, 0.15) is 49.8 Å². The molecule has 0 bridgehead atoms. The van der Waals surface area contributed by atoms with E-state index in [4.69, 9.17) is 4.74 Å². The first-order valence-corrected chi connectivity index (χ1v) is 12.8. The molecule has 1 aliphatic carbocycles. The first-order valence-electron chi connectivity index (χ1n) is 11.3. The third-order valence-electron chi connectivity index (χ3n) is 6.57. The number of sulfonamides is 1. The molecule has 3 aliphatic rings. The van der Waals surface area contributed by atoms with Gasteiger partial charge in [0.05, 0.1) is 23.0 Å². The van der Waals surface area contributed by atoms with Crippen LogP contribution in [0.5, 0.6) is 5.88 Å². The molecule has 2 saturated heterocycles. The van der Waals surface area contributed by atoms with Crippen LogP contribution in [0.2, 0.25) is 0 Å². The summed E-state index contributed by atoms with van der Waals surface area (Å²) in [6.45, 7) is 4.67. The molecule has 3 fully saturated rings. The van der Waals surface area contributed by atoms with Crippen molar-refractivity contribution in [1.29, 1.82) is 0 Å². The second-order valence-corrected chi connectivity index (χ2v) is 10.9. The van der Waals surface area contributed by atoms with Crippen LogP contribution >= 0.6 is 0 Å². The lowest BCUT2D eigenvalue weighted by Crippen LogP contribution is -2.51. The Hall–Kier alpha value is -2.03. The Balaban J connectivity index is 1.21. The number of nitrogens with zero attached hydrogens (tertiary/aromatic N) is 4. The van der Waals surface area contributed by atoms with Gasteiger partial charge in [-0.3, -0.25) is 9.88 Å². The highest BCUT2D eigenvalue weighted by molar-refractivity contribution is 7.89. The Morgan fingerprint density at radius 3 is 2.55 bits per heavy atom. The minimum Gasteiger partial charge on any atom is -0.472 e. The minimum atomic E-state index is -3.47. The predicted molar refractivity (Wildman–Crippen MR) is 118 cm³/mol. The summed E-state index contributed by atoms with van der Waals surface area (Å²) in [7, 11) is -3.47. The highest BCUT2D eigenvalue weighted by atomic mass is 32.2. The van der Waals surface area contributed by atoms with Crippen LogP contribution in [0.25, 0.3) is 0 Å². The lowest BCUT2D eigenvalue weighted by Gasteiger charge is -2.36. The number of ether oxygens (including phenoxy) is 1. The van der Waals surface area contributed by atoms with Gasteiger partial charge in [0.1, 0.15) is 6.10 Å². The van der Waals surface area contributed by atoms with Crippen molar-refractivity contribution >= 4 is 10.0 Å². The zero-order valence-corrected chi connectivity index (χ0v) is 18.8. The molecule has 1 saturated carbocycles. The number of hydrogen-bond acceptors (Lipinski definition) is 6. The average molecular weight is 443 g/mol. The van der Waals surface area contributed by atoms with Crippen molar-refractivity contribution in [2.24, 2.45) is 0 Å². The van der Waals surface area contributed by atoms with Crippen molar-refractivity contribution in [3.63, 3.8) is 0 Å². The Morgan fingerprint density at radius 2 is 1.87 bits per heavy atom. The van der Waals surface area contributed by atoms with Crippen LogP contribution in [0.15, 0.2) is 41.6 Å². The Bertz CT molecular complexity index is 1010. The highest BCUT2D eigenvalue weighted by Crippen LogP contribution is 2.38. The molecule has 8 heteroatoms. The van der Waals surface area contributed by atoms with E-state index in [1.54, 1.807) is 22.6 Å². The maximum atomic E-state index is 13.2. The van der Waals surface area contributed by atoms with Crippen molar-refractivity contribution in [2.45, 2.75) is 62.0 Å². The first kappa shape index (κ1) is 20.8. The summed E-state index contributed by atoms with van der Waals surface area (Å²) in [5, 5.41) is 0. The standard InChI is InChI=1S/C23H30N4O3S/c1-2-3-17-4-8-21(9-5-17)31(28,29)27-11-10-26-16-20(12-19(26)15-27)30-23-14-24-22(13-25-23)18-6-7-18/h4-5,8-9,13-14,18-20H,2-3,6-7,10-12,15-16H2,1H3/t19-,20-/m0/s1. The van der Waals surface area contributed by atoms with E-state index in [2.05, 4.69) is 21.8 Å². The lowest BCUT2D eigenvalue weighted by molar-refractivity contribution is 0.151. The third kappa shape index (κ3) is 4.47. The van der Waals surface area contributed by atoms with E-state index in [-0.39, 0.29) is 12.1 Å². The number of rotatable bonds is 7. The molecule has 2 aromatic rings. The van der Waals surface area contributed by atoms with Crippen molar-refractivity contribution in [3.05, 3.63) is 47.9 Å². The van der Waals surface area contributed by atoms with E-state index in [1.165, 1.54) is 18.4 Å². The van der Waals surface area contributed by atoms with E-state index in [1.807, 2.05) is 18.3 Å². The molecular weight excluding hydrogens is 412 g/mol. The highest BCUT2D eigenvalue weighted by Gasteiger charge is 2.41. The van der Waals surface area contributed by atoms with Gasteiger partial charge in [-0.2, -0.15) is 4.31 Å². The summed E-state index contributed by atoms with van der Waals surface area (Å²) in [6, 6.07) is 7.53. The number of fused-ring (bicyclic) bond motifs is 1. The molecule has 0 amide bonds. The SMILES string of the molecule is CCCc1ccc(S(=O)(=O)N2CCN3C[C@@H](Oc4cnc(C5CC5)cn4)C[C@H]3C2)cc1. The van der Waals surface area contributed by atoms with Gasteiger partial charge in [-0.25, -0.2) is 13.4 Å². The second kappa shape index (κ2) is 8.48. The zero-order valence-electron chi connectivity index (χ0n) is 18.0. The van der Waals surface area contributed by atoms with Crippen molar-refractivity contribution in [3.8, 4) is 5.88 Å². The molecule has 2 aliphatic heterocycles. The zero-order chi connectivity index (χ0) is 21.4. The summed E-state index contributed by atoms with van der Waals surface area (Å²) in [5.74, 6) is 1.14. The van der Waals surface area contributed by atoms with Gasteiger partial charge in [0.15, 0.2) is 0 Å². The summed E-state index contributed by atoms with van der Waals surface area (Å²) in [5.41, 5.74) is 2.23. The van der Waals surface area contributed by atoms with Gasteiger partial charge in [-0.05, 0) is 37.0 Å².